The zero-order chi connectivity index (χ0) is 20.2. The monoisotopic (exact) mass is 395 g/mol. The van der Waals surface area contributed by atoms with Gasteiger partial charge in [0.05, 0.1) is 6.61 Å². The fourth-order valence-corrected chi connectivity index (χ4v) is 3.77. The number of rotatable bonds is 3. The second-order valence-corrected chi connectivity index (χ2v) is 7.20. The van der Waals surface area contributed by atoms with Crippen LogP contribution in [0.15, 0.2) is 36.4 Å². The van der Waals surface area contributed by atoms with E-state index in [-0.39, 0.29) is 12.0 Å². The van der Waals surface area contributed by atoms with Crippen molar-refractivity contribution < 1.29 is 14.3 Å². The van der Waals surface area contributed by atoms with E-state index in [0.29, 0.717) is 38.5 Å². The molecule has 4 rings (SSSR count). The predicted molar refractivity (Wildman–Crippen MR) is 108 cm³/mol. The van der Waals surface area contributed by atoms with Gasteiger partial charge in [-0.3, -0.25) is 4.79 Å². The van der Waals surface area contributed by atoms with Crippen LogP contribution in [0.1, 0.15) is 28.5 Å². The summed E-state index contributed by atoms with van der Waals surface area (Å²) in [4.78, 5) is 30.0. The molecule has 8 heteroatoms. The Labute approximate surface area is 170 Å². The van der Waals surface area contributed by atoms with Gasteiger partial charge >= 0.3 is 6.09 Å². The summed E-state index contributed by atoms with van der Waals surface area (Å²) in [6.45, 7) is 5.66. The number of ether oxygens (including phenoxy) is 1. The minimum absolute atomic E-state index is 0.156. The SMILES string of the molecule is CCOC(=O)N1CCN(C(=O)c2ccc(N3CCc4ccccc4C3)nn2)CC1. The molecule has 0 aliphatic carbocycles. The smallest absolute Gasteiger partial charge is 0.409 e. The van der Waals surface area contributed by atoms with Gasteiger partial charge < -0.3 is 19.4 Å². The van der Waals surface area contributed by atoms with E-state index in [1.165, 1.54) is 11.1 Å². The number of benzene rings is 1. The average molecular weight is 395 g/mol. The van der Waals surface area contributed by atoms with Crippen molar-refractivity contribution >= 4 is 17.8 Å². The third kappa shape index (κ3) is 4.16. The van der Waals surface area contributed by atoms with Gasteiger partial charge in [-0.2, -0.15) is 0 Å². The molecule has 0 bridgehead atoms. The molecule has 3 heterocycles. The highest BCUT2D eigenvalue weighted by Crippen LogP contribution is 2.22. The highest BCUT2D eigenvalue weighted by molar-refractivity contribution is 5.92. The van der Waals surface area contributed by atoms with Gasteiger partial charge in [0.2, 0.25) is 0 Å². The summed E-state index contributed by atoms with van der Waals surface area (Å²) >= 11 is 0. The third-order valence-corrected chi connectivity index (χ3v) is 5.42. The Kier molecular flexibility index (Phi) is 5.59. The van der Waals surface area contributed by atoms with Crippen LogP contribution in [0.3, 0.4) is 0 Å². The van der Waals surface area contributed by atoms with Gasteiger partial charge in [0, 0.05) is 39.3 Å². The van der Waals surface area contributed by atoms with E-state index < -0.39 is 0 Å². The first kappa shape index (κ1) is 19.2. The van der Waals surface area contributed by atoms with E-state index in [2.05, 4.69) is 39.4 Å². The molecule has 2 amide bonds. The van der Waals surface area contributed by atoms with Crippen molar-refractivity contribution in [3.63, 3.8) is 0 Å². The van der Waals surface area contributed by atoms with Crippen LogP contribution in [0, 0.1) is 0 Å². The summed E-state index contributed by atoms with van der Waals surface area (Å²) in [5.41, 5.74) is 3.02. The molecule has 0 radical (unpaired) electrons. The number of nitrogens with zero attached hydrogens (tertiary/aromatic N) is 5. The number of anilines is 1. The largest absolute Gasteiger partial charge is 0.450 e. The molecule has 0 spiro atoms. The maximum atomic E-state index is 12.7. The maximum Gasteiger partial charge on any atom is 0.409 e. The van der Waals surface area contributed by atoms with Crippen LogP contribution < -0.4 is 4.90 Å². The summed E-state index contributed by atoms with van der Waals surface area (Å²) < 4.78 is 5.01. The minimum Gasteiger partial charge on any atom is -0.450 e. The van der Waals surface area contributed by atoms with Gasteiger partial charge in [0.15, 0.2) is 11.5 Å². The number of hydrogen-bond donors (Lipinski definition) is 0. The molecule has 8 nitrogen and oxygen atoms in total. The van der Waals surface area contributed by atoms with E-state index in [1.54, 1.807) is 22.8 Å². The van der Waals surface area contributed by atoms with Crippen LogP contribution in [-0.2, 0) is 17.7 Å². The number of aromatic nitrogens is 2. The average Bonchev–Trinajstić information content (AvgIpc) is 2.78. The van der Waals surface area contributed by atoms with Crippen LogP contribution in [-0.4, -0.2) is 71.3 Å². The number of carbonyl (C=O) groups excluding carboxylic acids is 2. The Bertz CT molecular complexity index is 878. The van der Waals surface area contributed by atoms with Crippen molar-refractivity contribution in [1.29, 1.82) is 0 Å². The zero-order valence-electron chi connectivity index (χ0n) is 16.6. The molecule has 1 aromatic heterocycles. The van der Waals surface area contributed by atoms with Gasteiger partial charge in [0.1, 0.15) is 0 Å². The van der Waals surface area contributed by atoms with Gasteiger partial charge in [-0.25, -0.2) is 4.79 Å². The lowest BCUT2D eigenvalue weighted by molar-refractivity contribution is 0.0565. The summed E-state index contributed by atoms with van der Waals surface area (Å²) in [6.07, 6.45) is 0.648. The molecule has 1 fully saturated rings. The number of hydrogen-bond acceptors (Lipinski definition) is 6. The lowest BCUT2D eigenvalue weighted by atomic mass is 10.00. The van der Waals surface area contributed by atoms with Crippen LogP contribution in [0.4, 0.5) is 10.6 Å². The lowest BCUT2D eigenvalue weighted by Gasteiger charge is -2.33. The fraction of sp³-hybridized carbons (Fsp3) is 0.429. The van der Waals surface area contributed by atoms with Gasteiger partial charge in [0.25, 0.3) is 5.91 Å². The molecule has 2 aromatic rings. The van der Waals surface area contributed by atoms with Gasteiger partial charge in [-0.1, -0.05) is 24.3 Å². The summed E-state index contributed by atoms with van der Waals surface area (Å²) in [6, 6.07) is 12.0. The molecule has 0 unspecified atom stereocenters. The second kappa shape index (κ2) is 8.46. The summed E-state index contributed by atoms with van der Waals surface area (Å²) in [7, 11) is 0. The third-order valence-electron chi connectivity index (χ3n) is 5.42. The lowest BCUT2D eigenvalue weighted by Crippen LogP contribution is -2.50. The number of carbonyl (C=O) groups is 2. The first-order chi connectivity index (χ1) is 14.2. The van der Waals surface area contributed by atoms with E-state index in [1.807, 2.05) is 6.07 Å². The minimum atomic E-state index is -0.327. The van der Waals surface area contributed by atoms with Gasteiger partial charge in [-0.05, 0) is 36.6 Å². The Balaban J connectivity index is 1.36. The fourth-order valence-electron chi connectivity index (χ4n) is 3.77. The summed E-state index contributed by atoms with van der Waals surface area (Å²) in [5.74, 6) is 0.625. The molecule has 2 aliphatic heterocycles. The zero-order valence-corrected chi connectivity index (χ0v) is 16.6. The Hall–Kier alpha value is -3.16. The first-order valence-corrected chi connectivity index (χ1v) is 10.0. The van der Waals surface area contributed by atoms with Crippen molar-refractivity contribution in [1.82, 2.24) is 20.0 Å². The summed E-state index contributed by atoms with van der Waals surface area (Å²) in [5, 5.41) is 8.48. The van der Waals surface area contributed by atoms with E-state index >= 15 is 0 Å². The normalized spacial score (nSPS) is 16.4. The second-order valence-electron chi connectivity index (χ2n) is 7.20. The van der Waals surface area contributed by atoms with Crippen molar-refractivity contribution in [2.24, 2.45) is 0 Å². The predicted octanol–water partition coefficient (Wildman–Crippen LogP) is 1.95. The number of piperazine rings is 1. The first-order valence-electron chi connectivity index (χ1n) is 10.0. The Morgan fingerprint density at radius 3 is 2.34 bits per heavy atom. The molecule has 0 atom stereocenters. The van der Waals surface area contributed by atoms with Crippen molar-refractivity contribution in [2.75, 3.05) is 44.2 Å². The molecule has 1 saturated heterocycles. The number of fused-ring (bicyclic) bond motifs is 1. The van der Waals surface area contributed by atoms with Gasteiger partial charge in [-0.15, -0.1) is 10.2 Å². The maximum absolute atomic E-state index is 12.7. The molecule has 0 saturated carbocycles. The number of amides is 2. The molecular weight excluding hydrogens is 370 g/mol. The molecule has 29 heavy (non-hydrogen) atoms. The van der Waals surface area contributed by atoms with E-state index in [0.717, 1.165) is 25.3 Å². The van der Waals surface area contributed by atoms with Crippen LogP contribution in [0.5, 0.6) is 0 Å². The highest BCUT2D eigenvalue weighted by atomic mass is 16.6. The quantitative estimate of drug-likeness (QED) is 0.791. The van der Waals surface area contributed by atoms with Crippen LogP contribution >= 0.6 is 0 Å². The topological polar surface area (TPSA) is 78.9 Å². The Morgan fingerprint density at radius 2 is 1.66 bits per heavy atom. The van der Waals surface area contributed by atoms with Crippen molar-refractivity contribution in [3.8, 4) is 0 Å². The molecule has 2 aliphatic rings. The van der Waals surface area contributed by atoms with E-state index in [9.17, 15) is 9.59 Å². The molecular formula is C21H25N5O3. The standard InChI is InChI=1S/C21H25N5O3/c1-2-29-21(28)25-13-11-24(12-14-25)20(27)18-7-8-19(23-22-18)26-10-9-16-5-3-4-6-17(16)15-26/h3-8H,2,9-15H2,1H3. The van der Waals surface area contributed by atoms with Crippen LogP contribution in [0.2, 0.25) is 0 Å². The van der Waals surface area contributed by atoms with Crippen molar-refractivity contribution in [3.05, 3.63) is 53.2 Å². The van der Waals surface area contributed by atoms with E-state index in [4.69, 9.17) is 4.74 Å². The highest BCUT2D eigenvalue weighted by Gasteiger charge is 2.26. The van der Waals surface area contributed by atoms with Crippen molar-refractivity contribution in [2.45, 2.75) is 19.9 Å². The van der Waals surface area contributed by atoms with Crippen LogP contribution in [0.25, 0.3) is 0 Å². The molecule has 0 N–H and O–H groups in total. The molecule has 152 valence electrons. The Morgan fingerprint density at radius 1 is 0.931 bits per heavy atom. The molecule has 1 aromatic carbocycles.